The van der Waals surface area contributed by atoms with Crippen LogP contribution in [0.15, 0.2) is 0 Å². The van der Waals surface area contributed by atoms with Crippen LogP contribution in [-0.2, 0) is 9.47 Å². The average molecular weight is 498 g/mol. The third kappa shape index (κ3) is 6.32. The van der Waals surface area contributed by atoms with Crippen LogP contribution in [0.25, 0.3) is 0 Å². The summed E-state index contributed by atoms with van der Waals surface area (Å²) in [7, 11) is 0. The number of amides is 2. The van der Waals surface area contributed by atoms with E-state index in [1.165, 1.54) is 13.8 Å². The van der Waals surface area contributed by atoms with Crippen LogP contribution >= 0.6 is 34.8 Å². The van der Waals surface area contributed by atoms with E-state index in [2.05, 4.69) is 9.47 Å². The molecule has 172 valence electrons. The van der Waals surface area contributed by atoms with E-state index in [1.807, 2.05) is 0 Å². The Kier molecular flexibility index (Phi) is 8.66. The highest BCUT2D eigenvalue weighted by Gasteiger charge is 2.60. The lowest BCUT2D eigenvalue weighted by atomic mass is 10.1. The first-order valence-corrected chi connectivity index (χ1v) is 9.79. The number of alkyl halides is 9. The number of rotatable bonds is 8. The molecule has 0 saturated carbocycles. The van der Waals surface area contributed by atoms with Gasteiger partial charge in [0.15, 0.2) is 5.50 Å². The second kappa shape index (κ2) is 9.42. The predicted octanol–water partition coefficient (Wildman–Crippen LogP) is 5.83. The monoisotopic (exact) mass is 496 g/mol. The molecule has 1 fully saturated rings. The maximum atomic E-state index is 13.0. The first-order chi connectivity index (χ1) is 13.0. The van der Waals surface area contributed by atoms with E-state index < -0.39 is 53.0 Å². The second-order valence-corrected chi connectivity index (χ2v) is 8.23. The van der Waals surface area contributed by atoms with E-state index in [0.29, 0.717) is 4.90 Å². The molecule has 1 rings (SSSR count). The minimum atomic E-state index is -4.99. The number of urea groups is 1. The third-order valence-corrected chi connectivity index (χ3v) is 6.05. The van der Waals surface area contributed by atoms with Crippen molar-refractivity contribution >= 4 is 40.8 Å². The summed E-state index contributed by atoms with van der Waals surface area (Å²) in [5.41, 5.74) is -1.56. The van der Waals surface area contributed by atoms with Crippen molar-refractivity contribution in [1.29, 1.82) is 0 Å². The molecule has 0 aromatic rings. The van der Waals surface area contributed by atoms with Crippen LogP contribution in [0, 0.1) is 0 Å². The molecule has 0 aliphatic carbocycles. The van der Waals surface area contributed by atoms with Gasteiger partial charge in [0.2, 0.25) is 4.46 Å². The molecule has 5 unspecified atom stereocenters. The lowest BCUT2D eigenvalue weighted by molar-refractivity contribution is -0.345. The summed E-state index contributed by atoms with van der Waals surface area (Å²) in [4.78, 5) is 14.5. The van der Waals surface area contributed by atoms with Gasteiger partial charge >= 0.3 is 18.8 Å². The van der Waals surface area contributed by atoms with Gasteiger partial charge in [-0.25, -0.2) is 4.79 Å². The fourth-order valence-electron chi connectivity index (χ4n) is 3.36. The summed E-state index contributed by atoms with van der Waals surface area (Å²) in [6.07, 6.45) is -13.1. The van der Waals surface area contributed by atoms with Gasteiger partial charge in [-0.2, -0.15) is 0 Å². The Bertz CT molecular complexity index is 578. The van der Waals surface area contributed by atoms with Crippen molar-refractivity contribution in [2.45, 2.75) is 87.5 Å². The molecular formula is C15H21Cl3F6N2O3. The Balaban J connectivity index is 3.25. The third-order valence-electron chi connectivity index (χ3n) is 4.53. The Labute approximate surface area is 179 Å². The van der Waals surface area contributed by atoms with Crippen LogP contribution in [0.3, 0.4) is 0 Å². The van der Waals surface area contributed by atoms with Crippen molar-refractivity contribution < 1.29 is 40.6 Å². The normalized spacial score (nSPS) is 24.6. The van der Waals surface area contributed by atoms with E-state index in [1.54, 1.807) is 0 Å². The average Bonchev–Trinajstić information content (AvgIpc) is 2.67. The first-order valence-electron chi connectivity index (χ1n) is 8.60. The fourth-order valence-corrected chi connectivity index (χ4v) is 4.30. The minimum absolute atomic E-state index is 0.0186. The highest BCUT2D eigenvalue weighted by molar-refractivity contribution is 6.53. The molecule has 5 atom stereocenters. The predicted molar refractivity (Wildman–Crippen MR) is 94.5 cm³/mol. The molecule has 1 heterocycles. The maximum absolute atomic E-state index is 13.0. The lowest BCUT2D eigenvalue weighted by Gasteiger charge is -2.37. The highest BCUT2D eigenvalue weighted by Crippen LogP contribution is 2.47. The van der Waals surface area contributed by atoms with Crippen molar-refractivity contribution in [3.63, 3.8) is 0 Å². The molecule has 0 radical (unpaired) electrons. The van der Waals surface area contributed by atoms with Gasteiger partial charge in [-0.1, -0.05) is 48.7 Å². The Hall–Kier alpha value is -0.360. The zero-order valence-corrected chi connectivity index (χ0v) is 18.1. The largest absolute Gasteiger partial charge is 0.522 e. The van der Waals surface area contributed by atoms with Crippen molar-refractivity contribution in [2.75, 3.05) is 0 Å². The molecule has 0 aromatic heterocycles. The van der Waals surface area contributed by atoms with Crippen molar-refractivity contribution in [2.24, 2.45) is 0 Å². The van der Waals surface area contributed by atoms with Crippen molar-refractivity contribution in [1.82, 2.24) is 9.80 Å². The quantitative estimate of drug-likeness (QED) is 0.241. The van der Waals surface area contributed by atoms with Crippen LogP contribution in [0.2, 0.25) is 0 Å². The standard InChI is InChI=1S/C15H21Cl3F6N2O3/c1-5-9(7(3)28-14(19,20)21)25-11(16)13(17,18)26(12(25)27)10(6-2)8(4)29-15(22,23)24/h7-11H,5-6H2,1-4H3. The molecule has 0 bridgehead atoms. The molecule has 14 heteroatoms. The zero-order valence-electron chi connectivity index (χ0n) is 15.8. The van der Waals surface area contributed by atoms with Gasteiger partial charge in [-0.15, -0.1) is 26.3 Å². The Morgan fingerprint density at radius 1 is 0.966 bits per heavy atom. The molecule has 0 spiro atoms. The molecule has 5 nitrogen and oxygen atoms in total. The van der Waals surface area contributed by atoms with Crippen LogP contribution < -0.4 is 0 Å². The van der Waals surface area contributed by atoms with Gasteiger partial charge in [0.05, 0.1) is 24.3 Å². The van der Waals surface area contributed by atoms with Gasteiger partial charge in [-0.05, 0) is 26.7 Å². The van der Waals surface area contributed by atoms with Crippen LogP contribution in [0.4, 0.5) is 31.1 Å². The number of carbonyl (C=O) groups is 1. The topological polar surface area (TPSA) is 42.0 Å². The summed E-state index contributed by atoms with van der Waals surface area (Å²) in [5.74, 6) is 0. The van der Waals surface area contributed by atoms with Gasteiger partial charge in [0, 0.05) is 0 Å². The van der Waals surface area contributed by atoms with E-state index in [0.717, 1.165) is 18.7 Å². The van der Waals surface area contributed by atoms with E-state index in [-0.39, 0.29) is 12.8 Å². The summed E-state index contributed by atoms with van der Waals surface area (Å²) >= 11 is 18.6. The van der Waals surface area contributed by atoms with Gasteiger partial charge in [-0.3, -0.25) is 19.3 Å². The second-order valence-electron chi connectivity index (χ2n) is 6.47. The van der Waals surface area contributed by atoms with Crippen molar-refractivity contribution in [3.05, 3.63) is 0 Å². The summed E-state index contributed by atoms with van der Waals surface area (Å²) in [6, 6.07) is -3.49. The Morgan fingerprint density at radius 3 is 1.69 bits per heavy atom. The fraction of sp³-hybridized carbons (Fsp3) is 0.933. The lowest BCUT2D eigenvalue weighted by Crippen LogP contribution is -2.53. The molecular weight excluding hydrogens is 477 g/mol. The maximum Gasteiger partial charge on any atom is 0.522 e. The molecule has 2 amide bonds. The SMILES string of the molecule is CCC(C(C)OC(F)(F)F)N1C(=O)N(C(CC)C(C)OC(F)(F)F)C(Cl)(Cl)C1Cl. The number of halogens is 9. The number of hydrogen-bond acceptors (Lipinski definition) is 3. The van der Waals surface area contributed by atoms with Crippen LogP contribution in [0.5, 0.6) is 0 Å². The van der Waals surface area contributed by atoms with Gasteiger partial charge in [0.1, 0.15) is 0 Å². The minimum Gasteiger partial charge on any atom is -0.298 e. The molecule has 0 aromatic carbocycles. The van der Waals surface area contributed by atoms with E-state index in [4.69, 9.17) is 34.8 Å². The van der Waals surface area contributed by atoms with E-state index in [9.17, 15) is 31.1 Å². The van der Waals surface area contributed by atoms with Crippen molar-refractivity contribution in [3.8, 4) is 0 Å². The Morgan fingerprint density at radius 2 is 1.34 bits per heavy atom. The molecule has 1 saturated heterocycles. The smallest absolute Gasteiger partial charge is 0.298 e. The highest BCUT2D eigenvalue weighted by atomic mass is 35.5. The summed E-state index contributed by atoms with van der Waals surface area (Å²) in [5, 5.41) is 0. The number of ether oxygens (including phenoxy) is 2. The van der Waals surface area contributed by atoms with Crippen LogP contribution in [-0.4, -0.2) is 62.8 Å². The molecule has 29 heavy (non-hydrogen) atoms. The molecule has 1 aliphatic heterocycles. The number of hydrogen-bond donors (Lipinski definition) is 0. The number of nitrogens with zero attached hydrogens (tertiary/aromatic N) is 2. The van der Waals surface area contributed by atoms with Gasteiger partial charge < -0.3 is 0 Å². The summed E-state index contributed by atoms with van der Waals surface area (Å²) in [6.45, 7) is 5.10. The molecule has 0 N–H and O–H groups in total. The van der Waals surface area contributed by atoms with Crippen LogP contribution in [0.1, 0.15) is 40.5 Å². The van der Waals surface area contributed by atoms with Gasteiger partial charge in [0.25, 0.3) is 0 Å². The summed E-state index contributed by atoms with van der Waals surface area (Å²) < 4.78 is 81.4. The molecule has 1 aliphatic rings. The number of carbonyl (C=O) groups excluding carboxylic acids is 1. The van der Waals surface area contributed by atoms with E-state index >= 15 is 0 Å². The zero-order chi connectivity index (χ0) is 22.9. The first kappa shape index (κ1) is 26.7.